The Morgan fingerprint density at radius 1 is 0.848 bits per heavy atom. The molecule has 0 amide bonds. The van der Waals surface area contributed by atoms with Gasteiger partial charge in [-0.1, -0.05) is 13.8 Å². The Bertz CT molecular complexity index is 555. The normalized spacial score (nSPS) is 40.2. The van der Waals surface area contributed by atoms with E-state index in [1.807, 2.05) is 13.8 Å². The van der Waals surface area contributed by atoms with E-state index >= 15 is 0 Å². The van der Waals surface area contributed by atoms with Gasteiger partial charge in [0.15, 0.2) is 12.6 Å². The van der Waals surface area contributed by atoms with Crippen molar-refractivity contribution in [2.45, 2.75) is 110 Å². The van der Waals surface area contributed by atoms with E-state index in [4.69, 9.17) is 18.9 Å². The maximum absolute atomic E-state index is 11.3. The van der Waals surface area contributed by atoms with Crippen molar-refractivity contribution in [3.8, 4) is 0 Å². The molecule has 0 radical (unpaired) electrons. The van der Waals surface area contributed by atoms with Gasteiger partial charge in [-0.25, -0.2) is 0 Å². The van der Waals surface area contributed by atoms with E-state index < -0.39 is 43.1 Å². The molecule has 4 unspecified atom stereocenters. The Morgan fingerprint density at radius 2 is 1.42 bits per heavy atom. The minimum atomic E-state index is -0.952. The van der Waals surface area contributed by atoms with Crippen molar-refractivity contribution in [1.29, 1.82) is 0 Å². The average Bonchev–Trinajstić information content (AvgIpc) is 2.78. The molecule has 2 saturated heterocycles. The second kappa shape index (κ2) is 13.1. The van der Waals surface area contributed by atoms with Crippen LogP contribution in [0.1, 0.15) is 54.4 Å². The summed E-state index contributed by atoms with van der Waals surface area (Å²) >= 11 is 0. The zero-order valence-corrected chi connectivity index (χ0v) is 21.3. The van der Waals surface area contributed by atoms with E-state index in [1.165, 1.54) is 7.11 Å². The van der Waals surface area contributed by atoms with Crippen LogP contribution in [0.2, 0.25) is 0 Å². The molecule has 2 aliphatic heterocycles. The number of aliphatic hydroxyl groups excluding tert-OH is 4. The molecule has 4 N–H and O–H groups in total. The summed E-state index contributed by atoms with van der Waals surface area (Å²) in [4.78, 5) is 2.40. The smallest absolute Gasteiger partial charge is 0.163 e. The van der Waals surface area contributed by atoms with Gasteiger partial charge in [0.05, 0.1) is 31.5 Å². The third kappa shape index (κ3) is 6.86. The van der Waals surface area contributed by atoms with Gasteiger partial charge in [0.2, 0.25) is 0 Å². The van der Waals surface area contributed by atoms with Crippen LogP contribution in [0.3, 0.4) is 0 Å². The van der Waals surface area contributed by atoms with Crippen molar-refractivity contribution in [3.05, 3.63) is 0 Å². The highest BCUT2D eigenvalue weighted by molar-refractivity contribution is 4.92. The largest absolute Gasteiger partial charge is 0.394 e. The first-order valence-corrected chi connectivity index (χ1v) is 12.4. The average molecular weight is 478 g/mol. The first-order valence-electron chi connectivity index (χ1n) is 12.4. The molecule has 33 heavy (non-hydrogen) atoms. The summed E-state index contributed by atoms with van der Waals surface area (Å²) in [6.07, 6.45) is -3.91. The van der Waals surface area contributed by atoms with Gasteiger partial charge in [-0.2, -0.15) is 0 Å². The van der Waals surface area contributed by atoms with Crippen LogP contribution >= 0.6 is 0 Å². The molecule has 0 aliphatic carbocycles. The highest BCUT2D eigenvalue weighted by Crippen LogP contribution is 2.36. The molecule has 196 valence electrons. The molecule has 9 nitrogen and oxygen atoms in total. The quantitative estimate of drug-likeness (QED) is 0.345. The molecule has 0 saturated carbocycles. The zero-order chi connectivity index (χ0) is 24.9. The Kier molecular flexibility index (Phi) is 11.5. The molecule has 0 spiro atoms. The van der Waals surface area contributed by atoms with Crippen molar-refractivity contribution in [3.63, 3.8) is 0 Å². The van der Waals surface area contributed by atoms with Crippen LogP contribution in [0.5, 0.6) is 0 Å². The number of aliphatic hydroxyl groups is 4. The molecule has 0 aromatic rings. The fraction of sp³-hybridized carbons (Fsp3) is 1.00. The second-order valence-electron chi connectivity index (χ2n) is 10.2. The Balaban J connectivity index is 2.12. The lowest BCUT2D eigenvalue weighted by molar-refractivity contribution is -0.340. The molecule has 9 heteroatoms. The first kappa shape index (κ1) is 28.9. The molecule has 2 aliphatic rings. The van der Waals surface area contributed by atoms with Crippen LogP contribution in [-0.4, -0.2) is 107 Å². The minimum absolute atomic E-state index is 0.242. The summed E-state index contributed by atoms with van der Waals surface area (Å²) in [6, 6.07) is 0.840. The topological polar surface area (TPSA) is 121 Å². The highest BCUT2D eigenvalue weighted by Gasteiger charge is 2.49. The third-order valence-corrected chi connectivity index (χ3v) is 7.37. The summed E-state index contributed by atoms with van der Waals surface area (Å²) in [5.41, 5.74) is 0. The van der Waals surface area contributed by atoms with Gasteiger partial charge < -0.3 is 39.4 Å². The van der Waals surface area contributed by atoms with Crippen molar-refractivity contribution < 1.29 is 39.4 Å². The van der Waals surface area contributed by atoms with Crippen molar-refractivity contribution in [2.75, 3.05) is 26.9 Å². The maximum atomic E-state index is 11.3. The van der Waals surface area contributed by atoms with Crippen molar-refractivity contribution >= 4 is 0 Å². The molecule has 0 aromatic carbocycles. The summed E-state index contributed by atoms with van der Waals surface area (Å²) in [7, 11) is 1.53. The minimum Gasteiger partial charge on any atom is -0.394 e. The van der Waals surface area contributed by atoms with Crippen LogP contribution < -0.4 is 0 Å². The van der Waals surface area contributed by atoms with E-state index in [1.54, 1.807) is 0 Å². The van der Waals surface area contributed by atoms with E-state index in [9.17, 15) is 20.4 Å². The molecule has 0 bridgehead atoms. The molecular formula is C24H47NO8. The van der Waals surface area contributed by atoms with Crippen LogP contribution in [0.15, 0.2) is 0 Å². The number of rotatable bonds is 11. The molecule has 2 fully saturated rings. The van der Waals surface area contributed by atoms with E-state index in [0.29, 0.717) is 18.5 Å². The van der Waals surface area contributed by atoms with Gasteiger partial charge in [0.1, 0.15) is 12.2 Å². The lowest BCUT2D eigenvalue weighted by Crippen LogP contribution is -2.60. The fourth-order valence-corrected chi connectivity index (χ4v) is 5.25. The Hall–Kier alpha value is -0.360. The Labute approximate surface area is 199 Å². The molecule has 0 aromatic heterocycles. The molecule has 10 atom stereocenters. The van der Waals surface area contributed by atoms with Gasteiger partial charge >= 0.3 is 0 Å². The lowest BCUT2D eigenvalue weighted by Gasteiger charge is -2.48. The number of hydrogen-bond donors (Lipinski definition) is 4. The van der Waals surface area contributed by atoms with Gasteiger partial charge in [0, 0.05) is 36.9 Å². The van der Waals surface area contributed by atoms with Crippen LogP contribution in [-0.2, 0) is 18.9 Å². The van der Waals surface area contributed by atoms with E-state index in [-0.39, 0.29) is 31.0 Å². The SMILES string of the molecule is CO[C@@H]1OC(CO)[C@H](O[C@@H]2OC(CO)[C@@H](C)[C@H](O)C2C)[C@H](O)C1CCCN(C(C)C)C(C)C. The van der Waals surface area contributed by atoms with Crippen molar-refractivity contribution in [2.24, 2.45) is 17.8 Å². The van der Waals surface area contributed by atoms with Gasteiger partial charge in [0.25, 0.3) is 0 Å². The van der Waals surface area contributed by atoms with Crippen LogP contribution in [0.4, 0.5) is 0 Å². The highest BCUT2D eigenvalue weighted by atomic mass is 16.7. The maximum Gasteiger partial charge on any atom is 0.163 e. The summed E-state index contributed by atoms with van der Waals surface area (Å²) in [5, 5.41) is 41.5. The molecule has 2 heterocycles. The molecule has 2 rings (SSSR count). The number of hydrogen-bond acceptors (Lipinski definition) is 9. The number of nitrogens with zero attached hydrogens (tertiary/aromatic N) is 1. The standard InChI is InChI=1S/C24H47NO8/c1-13(2)25(14(3)4)10-8-9-17-21(29)22(19(12-27)32-24(17)30-7)33-23-16(6)20(28)15(5)18(11-26)31-23/h13-24,26-29H,8-12H2,1-7H3/t15-,16?,17?,18?,19?,20+,21-,22+,23+,24-/m1/s1. The van der Waals surface area contributed by atoms with Gasteiger partial charge in [-0.3, -0.25) is 4.90 Å². The zero-order valence-electron chi connectivity index (χ0n) is 21.3. The van der Waals surface area contributed by atoms with Gasteiger partial charge in [-0.05, 0) is 47.1 Å². The van der Waals surface area contributed by atoms with Crippen LogP contribution in [0, 0.1) is 17.8 Å². The van der Waals surface area contributed by atoms with Crippen LogP contribution in [0.25, 0.3) is 0 Å². The lowest BCUT2D eigenvalue weighted by atomic mass is 9.85. The first-order chi connectivity index (χ1) is 15.6. The predicted octanol–water partition coefficient (Wildman–Crippen LogP) is 0.962. The number of ether oxygens (including phenoxy) is 4. The molecular weight excluding hydrogens is 430 g/mol. The van der Waals surface area contributed by atoms with Gasteiger partial charge in [-0.15, -0.1) is 0 Å². The Morgan fingerprint density at radius 3 is 1.94 bits per heavy atom. The monoisotopic (exact) mass is 477 g/mol. The fourth-order valence-electron chi connectivity index (χ4n) is 5.25. The number of methoxy groups -OCH3 is 1. The van der Waals surface area contributed by atoms with E-state index in [0.717, 1.165) is 13.0 Å². The third-order valence-electron chi connectivity index (χ3n) is 7.37. The summed E-state index contributed by atoms with van der Waals surface area (Å²) in [5.74, 6) is -0.972. The van der Waals surface area contributed by atoms with E-state index in [2.05, 4.69) is 32.6 Å². The summed E-state index contributed by atoms with van der Waals surface area (Å²) in [6.45, 7) is 12.6. The summed E-state index contributed by atoms with van der Waals surface area (Å²) < 4.78 is 23.5. The second-order valence-corrected chi connectivity index (χ2v) is 10.2. The predicted molar refractivity (Wildman–Crippen MR) is 123 cm³/mol. The van der Waals surface area contributed by atoms with Crippen molar-refractivity contribution in [1.82, 2.24) is 4.90 Å².